The summed E-state index contributed by atoms with van der Waals surface area (Å²) in [5, 5.41) is 11.5. The van der Waals surface area contributed by atoms with Crippen molar-refractivity contribution in [3.05, 3.63) is 24.2 Å². The lowest BCUT2D eigenvalue weighted by atomic mass is 9.95. The van der Waals surface area contributed by atoms with Crippen LogP contribution < -0.4 is 5.32 Å². The Morgan fingerprint density at radius 1 is 1.40 bits per heavy atom. The van der Waals surface area contributed by atoms with E-state index in [2.05, 4.69) is 5.32 Å². The predicted molar refractivity (Wildman–Crippen MR) is 72.0 cm³/mol. The average Bonchev–Trinajstić information content (AvgIpc) is 3.01. The first-order chi connectivity index (χ1) is 9.72. The fourth-order valence-electron chi connectivity index (χ4n) is 2.34. The van der Waals surface area contributed by atoms with Crippen LogP contribution in [-0.2, 0) is 4.79 Å². The number of piperidine rings is 1. The van der Waals surface area contributed by atoms with Gasteiger partial charge in [0.25, 0.3) is 5.91 Å². The third kappa shape index (κ3) is 3.60. The molecule has 1 aromatic heterocycles. The Kier molecular flexibility index (Phi) is 5.17. The smallest absolute Gasteiger partial charge is 0.289 e. The summed E-state index contributed by atoms with van der Waals surface area (Å²) in [7, 11) is 0. The number of hydrogen-bond donors (Lipinski definition) is 2. The molecule has 0 bridgehead atoms. The molecule has 0 unspecified atom stereocenters. The molecule has 0 spiro atoms. The van der Waals surface area contributed by atoms with Gasteiger partial charge in [0, 0.05) is 32.2 Å². The van der Waals surface area contributed by atoms with Gasteiger partial charge in [0.2, 0.25) is 5.91 Å². The maximum Gasteiger partial charge on any atom is 0.289 e. The topological polar surface area (TPSA) is 82.8 Å². The Bertz CT molecular complexity index is 436. The Hall–Kier alpha value is -1.82. The zero-order valence-electron chi connectivity index (χ0n) is 11.4. The van der Waals surface area contributed by atoms with Crippen LogP contribution >= 0.6 is 0 Å². The second-order valence-electron chi connectivity index (χ2n) is 4.91. The van der Waals surface area contributed by atoms with Gasteiger partial charge in [-0.3, -0.25) is 9.59 Å². The van der Waals surface area contributed by atoms with E-state index in [1.165, 1.54) is 6.26 Å². The molecule has 2 amide bonds. The fourth-order valence-corrected chi connectivity index (χ4v) is 2.34. The van der Waals surface area contributed by atoms with Crippen LogP contribution in [0.2, 0.25) is 0 Å². The first-order valence-electron chi connectivity index (χ1n) is 6.93. The SMILES string of the molecule is O=C(NCCCO)C1CCN(C(=O)c2ccco2)CC1. The third-order valence-electron chi connectivity index (χ3n) is 3.52. The molecule has 1 aliphatic heterocycles. The number of carbonyl (C=O) groups is 2. The molecule has 0 aromatic carbocycles. The van der Waals surface area contributed by atoms with Crippen LogP contribution in [0.4, 0.5) is 0 Å². The van der Waals surface area contributed by atoms with Gasteiger partial charge in [-0.05, 0) is 31.4 Å². The number of furan rings is 1. The molecule has 6 nitrogen and oxygen atoms in total. The molecule has 0 aliphatic carbocycles. The number of aliphatic hydroxyl groups excluding tert-OH is 1. The number of aliphatic hydroxyl groups is 1. The summed E-state index contributed by atoms with van der Waals surface area (Å²) in [6.45, 7) is 1.71. The molecule has 20 heavy (non-hydrogen) atoms. The van der Waals surface area contributed by atoms with E-state index in [9.17, 15) is 9.59 Å². The largest absolute Gasteiger partial charge is 0.459 e. The van der Waals surface area contributed by atoms with E-state index in [0.717, 1.165) is 0 Å². The third-order valence-corrected chi connectivity index (χ3v) is 3.52. The van der Waals surface area contributed by atoms with E-state index < -0.39 is 0 Å². The molecular weight excluding hydrogens is 260 g/mol. The van der Waals surface area contributed by atoms with Gasteiger partial charge in [0.15, 0.2) is 5.76 Å². The molecule has 0 radical (unpaired) electrons. The lowest BCUT2D eigenvalue weighted by molar-refractivity contribution is -0.126. The lowest BCUT2D eigenvalue weighted by Crippen LogP contribution is -2.43. The van der Waals surface area contributed by atoms with Gasteiger partial charge >= 0.3 is 0 Å². The first kappa shape index (κ1) is 14.6. The summed E-state index contributed by atoms with van der Waals surface area (Å²) in [6.07, 6.45) is 3.38. The van der Waals surface area contributed by atoms with Crippen molar-refractivity contribution in [3.63, 3.8) is 0 Å². The predicted octanol–water partition coefficient (Wildman–Crippen LogP) is 0.630. The Labute approximate surface area is 117 Å². The minimum Gasteiger partial charge on any atom is -0.459 e. The highest BCUT2D eigenvalue weighted by Gasteiger charge is 2.28. The summed E-state index contributed by atoms with van der Waals surface area (Å²) >= 11 is 0. The first-order valence-corrected chi connectivity index (χ1v) is 6.93. The van der Waals surface area contributed by atoms with Crippen molar-refractivity contribution in [2.45, 2.75) is 19.3 Å². The van der Waals surface area contributed by atoms with Gasteiger partial charge in [-0.1, -0.05) is 0 Å². The minimum atomic E-state index is -0.117. The summed E-state index contributed by atoms with van der Waals surface area (Å²) in [5.74, 6) is 0.197. The highest BCUT2D eigenvalue weighted by Crippen LogP contribution is 2.19. The Balaban J connectivity index is 1.77. The maximum atomic E-state index is 12.1. The van der Waals surface area contributed by atoms with Crippen molar-refractivity contribution < 1.29 is 19.1 Å². The van der Waals surface area contributed by atoms with Crippen LogP contribution in [0.1, 0.15) is 29.8 Å². The minimum absolute atomic E-state index is 0.0172. The van der Waals surface area contributed by atoms with Crippen molar-refractivity contribution in [1.29, 1.82) is 0 Å². The van der Waals surface area contributed by atoms with Crippen LogP contribution in [0.15, 0.2) is 22.8 Å². The number of hydrogen-bond acceptors (Lipinski definition) is 4. The van der Waals surface area contributed by atoms with Crippen LogP contribution in [-0.4, -0.2) is 48.1 Å². The van der Waals surface area contributed by atoms with Gasteiger partial charge in [0.1, 0.15) is 0 Å². The van der Waals surface area contributed by atoms with E-state index in [-0.39, 0.29) is 24.3 Å². The zero-order chi connectivity index (χ0) is 14.4. The monoisotopic (exact) mass is 280 g/mol. The Morgan fingerprint density at radius 2 is 2.15 bits per heavy atom. The maximum absolute atomic E-state index is 12.1. The van der Waals surface area contributed by atoms with Crippen molar-refractivity contribution >= 4 is 11.8 Å². The molecule has 0 saturated carbocycles. The van der Waals surface area contributed by atoms with Crippen molar-refractivity contribution in [2.24, 2.45) is 5.92 Å². The van der Waals surface area contributed by atoms with Crippen LogP contribution in [0.25, 0.3) is 0 Å². The molecule has 1 saturated heterocycles. The van der Waals surface area contributed by atoms with Gasteiger partial charge in [0.05, 0.1) is 6.26 Å². The Morgan fingerprint density at radius 3 is 2.75 bits per heavy atom. The number of carbonyl (C=O) groups excluding carboxylic acids is 2. The van der Waals surface area contributed by atoms with Gasteiger partial charge in [-0.2, -0.15) is 0 Å². The zero-order valence-corrected chi connectivity index (χ0v) is 11.4. The number of nitrogens with zero attached hydrogens (tertiary/aromatic N) is 1. The summed E-state index contributed by atoms with van der Waals surface area (Å²) in [5.41, 5.74) is 0. The second-order valence-corrected chi connectivity index (χ2v) is 4.91. The normalized spacial score (nSPS) is 16.1. The summed E-state index contributed by atoms with van der Waals surface area (Å²) < 4.78 is 5.09. The summed E-state index contributed by atoms with van der Waals surface area (Å²) in [4.78, 5) is 25.6. The number of likely N-dealkylation sites (tertiary alicyclic amines) is 1. The number of nitrogens with one attached hydrogen (secondary N) is 1. The molecule has 110 valence electrons. The summed E-state index contributed by atoms with van der Waals surface area (Å²) in [6, 6.07) is 3.34. The van der Waals surface area contributed by atoms with Crippen molar-refractivity contribution in [1.82, 2.24) is 10.2 Å². The second kappa shape index (κ2) is 7.09. The van der Waals surface area contributed by atoms with Crippen molar-refractivity contribution in [2.75, 3.05) is 26.2 Å². The molecule has 2 heterocycles. The lowest BCUT2D eigenvalue weighted by Gasteiger charge is -2.30. The standard InChI is InChI=1S/C14H20N2O4/c17-9-2-6-15-13(18)11-4-7-16(8-5-11)14(19)12-3-1-10-20-12/h1,3,10-11,17H,2,4-9H2,(H,15,18). The quantitative estimate of drug-likeness (QED) is 0.775. The molecule has 0 atom stereocenters. The van der Waals surface area contributed by atoms with Gasteiger partial charge in [-0.15, -0.1) is 0 Å². The van der Waals surface area contributed by atoms with E-state index in [4.69, 9.17) is 9.52 Å². The molecular formula is C14H20N2O4. The van der Waals surface area contributed by atoms with Gasteiger partial charge in [-0.25, -0.2) is 0 Å². The average molecular weight is 280 g/mol. The number of amides is 2. The highest BCUT2D eigenvalue weighted by atomic mass is 16.3. The van der Waals surface area contributed by atoms with Gasteiger partial charge < -0.3 is 19.7 Å². The highest BCUT2D eigenvalue weighted by molar-refractivity contribution is 5.91. The molecule has 2 N–H and O–H groups in total. The molecule has 6 heteroatoms. The molecule has 2 rings (SSSR count). The van der Waals surface area contributed by atoms with Crippen LogP contribution in [0.3, 0.4) is 0 Å². The molecule has 1 aliphatic rings. The van der Waals surface area contributed by atoms with E-state index >= 15 is 0 Å². The van der Waals surface area contributed by atoms with E-state index in [1.54, 1.807) is 17.0 Å². The van der Waals surface area contributed by atoms with E-state index in [0.29, 0.717) is 44.7 Å². The molecule has 1 fully saturated rings. The molecule has 1 aromatic rings. The number of rotatable bonds is 5. The van der Waals surface area contributed by atoms with E-state index in [1.807, 2.05) is 0 Å². The van der Waals surface area contributed by atoms with Crippen LogP contribution in [0.5, 0.6) is 0 Å². The fraction of sp³-hybridized carbons (Fsp3) is 0.571. The van der Waals surface area contributed by atoms with Crippen molar-refractivity contribution in [3.8, 4) is 0 Å². The van der Waals surface area contributed by atoms with Crippen LogP contribution in [0, 0.1) is 5.92 Å².